The second-order valence-electron chi connectivity index (χ2n) is 6.77. The number of fused-ring (bicyclic) bond motifs is 1. The average Bonchev–Trinajstić information content (AvgIpc) is 2.95. The number of nitrogens with zero attached hydrogens (tertiary/aromatic N) is 3. The number of hydrogen-bond donors (Lipinski definition) is 1. The maximum atomic E-state index is 13.1. The first-order valence-electron chi connectivity index (χ1n) is 9.40. The molecule has 1 N–H and O–H groups in total. The summed E-state index contributed by atoms with van der Waals surface area (Å²) < 4.78 is 20.6. The van der Waals surface area contributed by atoms with Crippen molar-refractivity contribution >= 4 is 11.6 Å². The van der Waals surface area contributed by atoms with Crippen LogP contribution in [0.15, 0.2) is 48.5 Å². The third-order valence-corrected chi connectivity index (χ3v) is 4.70. The normalized spacial score (nSPS) is 13.5. The lowest BCUT2D eigenvalue weighted by Gasteiger charge is -2.09. The van der Waals surface area contributed by atoms with Crippen molar-refractivity contribution in [1.82, 2.24) is 14.8 Å². The van der Waals surface area contributed by atoms with Gasteiger partial charge in [0.15, 0.2) is 12.4 Å². The fourth-order valence-corrected chi connectivity index (χ4v) is 3.30. The summed E-state index contributed by atoms with van der Waals surface area (Å²) in [4.78, 5) is 12.1. The third-order valence-electron chi connectivity index (χ3n) is 4.70. The average molecular weight is 380 g/mol. The van der Waals surface area contributed by atoms with Gasteiger partial charge < -0.3 is 14.6 Å². The molecule has 0 unspecified atom stereocenters. The molecule has 1 aliphatic rings. The van der Waals surface area contributed by atoms with Crippen LogP contribution in [-0.4, -0.2) is 27.3 Å². The molecule has 0 fully saturated rings. The molecule has 144 valence electrons. The van der Waals surface area contributed by atoms with Gasteiger partial charge in [0.2, 0.25) is 0 Å². The van der Waals surface area contributed by atoms with Crippen LogP contribution in [0.5, 0.6) is 5.75 Å². The Bertz CT molecular complexity index is 969. The largest absolute Gasteiger partial charge is 0.484 e. The standard InChI is InChI=1S/C21H21FN4O2/c22-16-5-4-6-18(13-16)28-14-20(27)23-17-10-8-15(9-11-17)21-25-24-19-7-2-1-3-12-26(19)21/h4-6,8-11,13H,1-3,7,12,14H2,(H,23,27). The van der Waals surface area contributed by atoms with E-state index in [1.807, 2.05) is 24.3 Å². The van der Waals surface area contributed by atoms with Gasteiger partial charge in [0.1, 0.15) is 17.4 Å². The number of rotatable bonds is 5. The van der Waals surface area contributed by atoms with Crippen LogP contribution in [0.4, 0.5) is 10.1 Å². The summed E-state index contributed by atoms with van der Waals surface area (Å²) in [6, 6.07) is 13.2. The molecule has 7 heteroatoms. The molecule has 0 spiro atoms. The summed E-state index contributed by atoms with van der Waals surface area (Å²) in [5.41, 5.74) is 1.63. The SMILES string of the molecule is O=C(COc1cccc(F)c1)Nc1ccc(-c2nnc3n2CCCCC3)cc1. The Hall–Kier alpha value is -3.22. The Balaban J connectivity index is 1.38. The molecule has 0 saturated carbocycles. The van der Waals surface area contributed by atoms with E-state index in [2.05, 4.69) is 20.1 Å². The number of ether oxygens (including phenoxy) is 1. The van der Waals surface area contributed by atoms with E-state index >= 15 is 0 Å². The first kappa shape index (κ1) is 18.2. The number of amides is 1. The van der Waals surface area contributed by atoms with Gasteiger partial charge in [-0.05, 0) is 49.2 Å². The highest BCUT2D eigenvalue weighted by Crippen LogP contribution is 2.24. The predicted molar refractivity (Wildman–Crippen MR) is 104 cm³/mol. The molecule has 0 aliphatic carbocycles. The predicted octanol–water partition coefficient (Wildman–Crippen LogP) is 3.83. The Morgan fingerprint density at radius 3 is 2.79 bits per heavy atom. The lowest BCUT2D eigenvalue weighted by atomic mass is 10.2. The van der Waals surface area contributed by atoms with Crippen molar-refractivity contribution in [2.75, 3.05) is 11.9 Å². The van der Waals surface area contributed by atoms with E-state index in [1.165, 1.54) is 24.6 Å². The monoisotopic (exact) mass is 380 g/mol. The first-order valence-corrected chi connectivity index (χ1v) is 9.40. The summed E-state index contributed by atoms with van der Waals surface area (Å²) in [5.74, 6) is 1.51. The van der Waals surface area contributed by atoms with Gasteiger partial charge in [0.25, 0.3) is 5.91 Å². The summed E-state index contributed by atoms with van der Waals surface area (Å²) >= 11 is 0. The second kappa shape index (κ2) is 8.21. The van der Waals surface area contributed by atoms with Crippen LogP contribution in [0.3, 0.4) is 0 Å². The van der Waals surface area contributed by atoms with Crippen molar-refractivity contribution in [2.24, 2.45) is 0 Å². The van der Waals surface area contributed by atoms with Crippen LogP contribution in [0.25, 0.3) is 11.4 Å². The van der Waals surface area contributed by atoms with Gasteiger partial charge >= 0.3 is 0 Å². The zero-order chi connectivity index (χ0) is 19.3. The summed E-state index contributed by atoms with van der Waals surface area (Å²) in [7, 11) is 0. The molecule has 6 nitrogen and oxygen atoms in total. The second-order valence-corrected chi connectivity index (χ2v) is 6.77. The summed E-state index contributed by atoms with van der Waals surface area (Å²) in [6.07, 6.45) is 4.47. The van der Waals surface area contributed by atoms with Gasteiger partial charge in [-0.2, -0.15) is 0 Å². The van der Waals surface area contributed by atoms with Crippen molar-refractivity contribution in [1.29, 1.82) is 0 Å². The van der Waals surface area contributed by atoms with E-state index in [-0.39, 0.29) is 12.5 Å². The minimum Gasteiger partial charge on any atom is -0.484 e. The van der Waals surface area contributed by atoms with Crippen LogP contribution < -0.4 is 10.1 Å². The minimum atomic E-state index is -0.403. The fraction of sp³-hybridized carbons (Fsp3) is 0.286. The van der Waals surface area contributed by atoms with E-state index in [4.69, 9.17) is 4.74 Å². The molecular formula is C21H21FN4O2. The van der Waals surface area contributed by atoms with Gasteiger partial charge in [0.05, 0.1) is 0 Å². The fourth-order valence-electron chi connectivity index (χ4n) is 3.30. The number of aryl methyl sites for hydroxylation is 1. The molecule has 0 radical (unpaired) electrons. The Kier molecular flexibility index (Phi) is 5.32. The highest BCUT2D eigenvalue weighted by atomic mass is 19.1. The molecule has 0 saturated heterocycles. The van der Waals surface area contributed by atoms with Gasteiger partial charge in [0, 0.05) is 30.3 Å². The number of nitrogens with one attached hydrogen (secondary N) is 1. The summed E-state index contributed by atoms with van der Waals surface area (Å²) in [6.45, 7) is 0.746. The van der Waals surface area contributed by atoms with E-state index < -0.39 is 5.82 Å². The molecule has 0 bridgehead atoms. The number of carbonyl (C=O) groups excluding carboxylic acids is 1. The molecule has 2 aromatic carbocycles. The first-order chi connectivity index (χ1) is 13.7. The molecule has 4 rings (SSSR count). The van der Waals surface area contributed by atoms with Crippen LogP contribution in [0.1, 0.15) is 25.1 Å². The highest BCUT2D eigenvalue weighted by molar-refractivity contribution is 5.92. The minimum absolute atomic E-state index is 0.192. The van der Waals surface area contributed by atoms with Gasteiger partial charge in [-0.15, -0.1) is 10.2 Å². The topological polar surface area (TPSA) is 69.0 Å². The smallest absolute Gasteiger partial charge is 0.262 e. The summed E-state index contributed by atoms with van der Waals surface area (Å²) in [5, 5.41) is 11.4. The van der Waals surface area contributed by atoms with E-state index in [0.29, 0.717) is 11.4 Å². The Morgan fingerprint density at radius 1 is 1.11 bits per heavy atom. The number of anilines is 1. The van der Waals surface area contributed by atoms with Crippen molar-refractivity contribution in [3.63, 3.8) is 0 Å². The molecule has 0 atom stereocenters. The van der Waals surface area contributed by atoms with Crippen molar-refractivity contribution in [3.8, 4) is 17.1 Å². The molecule has 3 aromatic rings. The zero-order valence-electron chi connectivity index (χ0n) is 15.4. The van der Waals surface area contributed by atoms with Crippen molar-refractivity contribution in [3.05, 3.63) is 60.2 Å². The number of benzene rings is 2. The van der Waals surface area contributed by atoms with Gasteiger partial charge in [-0.3, -0.25) is 4.79 Å². The maximum absolute atomic E-state index is 13.1. The molecular weight excluding hydrogens is 359 g/mol. The molecule has 1 amide bonds. The van der Waals surface area contributed by atoms with Gasteiger partial charge in [-0.25, -0.2) is 4.39 Å². The molecule has 1 aromatic heterocycles. The molecule has 2 heterocycles. The van der Waals surface area contributed by atoms with Crippen LogP contribution in [0.2, 0.25) is 0 Å². The Labute approximate surface area is 162 Å². The van der Waals surface area contributed by atoms with Crippen LogP contribution >= 0.6 is 0 Å². The van der Waals surface area contributed by atoms with Gasteiger partial charge in [-0.1, -0.05) is 12.5 Å². The van der Waals surface area contributed by atoms with Crippen molar-refractivity contribution in [2.45, 2.75) is 32.2 Å². The molecule has 1 aliphatic heterocycles. The third kappa shape index (κ3) is 4.19. The lowest BCUT2D eigenvalue weighted by Crippen LogP contribution is -2.20. The van der Waals surface area contributed by atoms with E-state index in [0.717, 1.165) is 43.0 Å². The Morgan fingerprint density at radius 2 is 1.96 bits per heavy atom. The number of hydrogen-bond acceptors (Lipinski definition) is 4. The quantitative estimate of drug-likeness (QED) is 0.730. The zero-order valence-corrected chi connectivity index (χ0v) is 15.4. The number of halogens is 1. The van der Waals surface area contributed by atoms with Crippen LogP contribution in [-0.2, 0) is 17.8 Å². The van der Waals surface area contributed by atoms with Crippen molar-refractivity contribution < 1.29 is 13.9 Å². The highest BCUT2D eigenvalue weighted by Gasteiger charge is 2.16. The molecule has 28 heavy (non-hydrogen) atoms. The van der Waals surface area contributed by atoms with Crippen LogP contribution in [0, 0.1) is 5.82 Å². The number of carbonyl (C=O) groups is 1. The van der Waals surface area contributed by atoms with E-state index in [1.54, 1.807) is 6.07 Å². The lowest BCUT2D eigenvalue weighted by molar-refractivity contribution is -0.118. The maximum Gasteiger partial charge on any atom is 0.262 e. The van der Waals surface area contributed by atoms with E-state index in [9.17, 15) is 9.18 Å². The number of aromatic nitrogens is 3.